The van der Waals surface area contributed by atoms with Gasteiger partial charge in [-0.1, -0.05) is 15.9 Å². The smallest absolute Gasteiger partial charge is 0.165 e. The Morgan fingerprint density at radius 2 is 2.29 bits per heavy atom. The maximum absolute atomic E-state index is 13.3. The van der Waals surface area contributed by atoms with Gasteiger partial charge in [-0.2, -0.15) is 0 Å². The molecule has 0 saturated heterocycles. The Bertz CT molecular complexity index is 466. The summed E-state index contributed by atoms with van der Waals surface area (Å²) in [5, 5.41) is 1.64. The zero-order chi connectivity index (χ0) is 10.1. The van der Waals surface area contributed by atoms with E-state index in [4.69, 9.17) is 4.74 Å². The van der Waals surface area contributed by atoms with Crippen molar-refractivity contribution in [3.63, 3.8) is 0 Å². The van der Waals surface area contributed by atoms with Gasteiger partial charge in [-0.25, -0.2) is 4.39 Å². The Balaban J connectivity index is 2.73. The molecule has 1 nitrogen and oxygen atoms in total. The third-order valence-corrected chi connectivity index (χ3v) is 4.07. The minimum absolute atomic E-state index is 0.307. The SMILES string of the molecule is COc1c(F)ccc2sc(CBr)cc12. The van der Waals surface area contributed by atoms with E-state index < -0.39 is 0 Å². The molecule has 0 saturated carbocycles. The number of ether oxygens (including phenoxy) is 1. The molecule has 0 atom stereocenters. The lowest BCUT2D eigenvalue weighted by atomic mass is 10.2. The predicted octanol–water partition coefficient (Wildman–Crippen LogP) is 3.94. The Morgan fingerprint density at radius 1 is 1.50 bits per heavy atom. The molecule has 1 aromatic carbocycles. The van der Waals surface area contributed by atoms with Crippen LogP contribution in [0.1, 0.15) is 4.88 Å². The summed E-state index contributed by atoms with van der Waals surface area (Å²) in [6.07, 6.45) is 0. The van der Waals surface area contributed by atoms with Gasteiger partial charge in [0.2, 0.25) is 0 Å². The largest absolute Gasteiger partial charge is 0.493 e. The van der Waals surface area contributed by atoms with Gasteiger partial charge < -0.3 is 4.74 Å². The fraction of sp³-hybridized carbons (Fsp3) is 0.200. The highest BCUT2D eigenvalue weighted by Gasteiger charge is 2.10. The second-order valence-electron chi connectivity index (χ2n) is 2.84. The minimum atomic E-state index is -0.307. The second kappa shape index (κ2) is 3.87. The third-order valence-electron chi connectivity index (χ3n) is 1.99. The molecule has 0 bridgehead atoms. The number of halogens is 2. The molecule has 0 aliphatic carbocycles. The highest BCUT2D eigenvalue weighted by molar-refractivity contribution is 9.08. The Morgan fingerprint density at radius 3 is 2.93 bits per heavy atom. The molecule has 4 heteroatoms. The third kappa shape index (κ3) is 1.53. The molecule has 0 N–H and O–H groups in total. The molecule has 1 heterocycles. The first kappa shape index (κ1) is 9.93. The summed E-state index contributed by atoms with van der Waals surface area (Å²) in [5.41, 5.74) is 0. The van der Waals surface area contributed by atoms with Crippen molar-refractivity contribution in [1.29, 1.82) is 0 Å². The molecule has 2 rings (SSSR count). The van der Waals surface area contributed by atoms with E-state index in [0.717, 1.165) is 15.4 Å². The van der Waals surface area contributed by atoms with E-state index in [1.165, 1.54) is 18.1 Å². The fourth-order valence-electron chi connectivity index (χ4n) is 1.39. The van der Waals surface area contributed by atoms with Gasteiger partial charge in [-0.3, -0.25) is 0 Å². The van der Waals surface area contributed by atoms with Crippen molar-refractivity contribution in [3.8, 4) is 5.75 Å². The molecule has 14 heavy (non-hydrogen) atoms. The topological polar surface area (TPSA) is 9.23 Å². The highest BCUT2D eigenvalue weighted by atomic mass is 79.9. The standard InChI is InChI=1S/C10H8BrFOS/c1-13-10-7-4-6(5-11)14-9(7)3-2-8(10)12/h2-4H,5H2,1H3. The quantitative estimate of drug-likeness (QED) is 0.754. The Labute approximate surface area is 93.6 Å². The Kier molecular flexibility index (Phi) is 2.74. The van der Waals surface area contributed by atoms with Crippen molar-refractivity contribution >= 4 is 37.4 Å². The zero-order valence-electron chi connectivity index (χ0n) is 7.51. The van der Waals surface area contributed by atoms with E-state index in [9.17, 15) is 4.39 Å². The van der Waals surface area contributed by atoms with Crippen LogP contribution in [-0.2, 0) is 5.33 Å². The second-order valence-corrected chi connectivity index (χ2v) is 4.57. The van der Waals surface area contributed by atoms with Crippen LogP contribution < -0.4 is 4.74 Å². The van der Waals surface area contributed by atoms with Gasteiger partial charge in [0.1, 0.15) is 0 Å². The van der Waals surface area contributed by atoms with Crippen molar-refractivity contribution in [2.24, 2.45) is 0 Å². The van der Waals surface area contributed by atoms with Gasteiger partial charge in [-0.15, -0.1) is 11.3 Å². The number of methoxy groups -OCH3 is 1. The number of thiophene rings is 1. The summed E-state index contributed by atoms with van der Waals surface area (Å²) in [7, 11) is 1.49. The zero-order valence-corrected chi connectivity index (χ0v) is 9.91. The van der Waals surface area contributed by atoms with Crippen LogP contribution in [0.3, 0.4) is 0 Å². The molecular weight excluding hydrogens is 267 g/mol. The first-order valence-corrected chi connectivity index (χ1v) is 6.01. The van der Waals surface area contributed by atoms with Crippen LogP contribution in [0.25, 0.3) is 10.1 Å². The number of benzene rings is 1. The molecule has 0 radical (unpaired) electrons. The molecular formula is C10H8BrFOS. The summed E-state index contributed by atoms with van der Waals surface area (Å²) < 4.78 is 19.4. The fourth-order valence-corrected chi connectivity index (χ4v) is 2.80. The summed E-state index contributed by atoms with van der Waals surface area (Å²) in [6, 6.07) is 5.18. The van der Waals surface area contributed by atoms with Crippen molar-refractivity contribution in [3.05, 3.63) is 28.9 Å². The van der Waals surface area contributed by atoms with Crippen molar-refractivity contribution in [2.75, 3.05) is 7.11 Å². The number of hydrogen-bond donors (Lipinski definition) is 0. The maximum atomic E-state index is 13.3. The van der Waals surface area contributed by atoms with Gasteiger partial charge in [0.15, 0.2) is 11.6 Å². The molecule has 0 aliphatic heterocycles. The van der Waals surface area contributed by atoms with E-state index in [-0.39, 0.29) is 5.82 Å². The molecule has 0 aliphatic rings. The van der Waals surface area contributed by atoms with Gasteiger partial charge in [-0.05, 0) is 18.2 Å². The van der Waals surface area contributed by atoms with Gasteiger partial charge in [0, 0.05) is 20.3 Å². The van der Waals surface area contributed by atoms with Crippen molar-refractivity contribution in [2.45, 2.75) is 5.33 Å². The van der Waals surface area contributed by atoms with Crippen molar-refractivity contribution < 1.29 is 9.13 Å². The Hall–Kier alpha value is -0.610. The number of hydrogen-bond acceptors (Lipinski definition) is 2. The molecule has 74 valence electrons. The normalized spacial score (nSPS) is 10.8. The van der Waals surface area contributed by atoms with Crippen LogP contribution in [0.15, 0.2) is 18.2 Å². The lowest BCUT2D eigenvalue weighted by Gasteiger charge is -2.01. The molecule has 1 aromatic heterocycles. The van der Waals surface area contributed by atoms with Crippen LogP contribution in [0.2, 0.25) is 0 Å². The maximum Gasteiger partial charge on any atom is 0.165 e. The first-order valence-electron chi connectivity index (χ1n) is 4.07. The molecule has 0 unspecified atom stereocenters. The van der Waals surface area contributed by atoms with E-state index >= 15 is 0 Å². The summed E-state index contributed by atoms with van der Waals surface area (Å²) in [4.78, 5) is 1.17. The molecule has 2 aromatic rings. The van der Waals surface area contributed by atoms with Crippen LogP contribution in [-0.4, -0.2) is 7.11 Å². The highest BCUT2D eigenvalue weighted by Crippen LogP contribution is 2.35. The van der Waals surface area contributed by atoms with Gasteiger partial charge in [0.25, 0.3) is 0 Å². The average molecular weight is 275 g/mol. The number of rotatable bonds is 2. The molecule has 0 fully saturated rings. The number of alkyl halides is 1. The number of fused-ring (bicyclic) bond motifs is 1. The van der Waals surface area contributed by atoms with E-state index in [2.05, 4.69) is 15.9 Å². The first-order chi connectivity index (χ1) is 6.76. The monoisotopic (exact) mass is 274 g/mol. The van der Waals surface area contributed by atoms with E-state index in [1.807, 2.05) is 6.07 Å². The van der Waals surface area contributed by atoms with Crippen LogP contribution in [0.5, 0.6) is 5.75 Å². The lowest BCUT2D eigenvalue weighted by molar-refractivity contribution is 0.392. The van der Waals surface area contributed by atoms with Gasteiger partial charge in [0.05, 0.1) is 7.11 Å². The minimum Gasteiger partial charge on any atom is -0.493 e. The average Bonchev–Trinajstić information content (AvgIpc) is 2.60. The molecule has 0 spiro atoms. The van der Waals surface area contributed by atoms with Crippen LogP contribution in [0.4, 0.5) is 4.39 Å². The summed E-state index contributed by atoms with van der Waals surface area (Å²) in [5.74, 6) is 0.0323. The summed E-state index contributed by atoms with van der Waals surface area (Å²) >= 11 is 5.02. The predicted molar refractivity (Wildman–Crippen MR) is 61.0 cm³/mol. The van der Waals surface area contributed by atoms with E-state index in [1.54, 1.807) is 17.4 Å². The van der Waals surface area contributed by atoms with Crippen molar-refractivity contribution in [1.82, 2.24) is 0 Å². The summed E-state index contributed by atoms with van der Waals surface area (Å²) in [6.45, 7) is 0. The lowest BCUT2D eigenvalue weighted by Crippen LogP contribution is -1.87. The van der Waals surface area contributed by atoms with Crippen LogP contribution in [0, 0.1) is 5.82 Å². The van der Waals surface area contributed by atoms with Crippen LogP contribution >= 0.6 is 27.3 Å². The molecule has 0 amide bonds. The van der Waals surface area contributed by atoms with E-state index in [0.29, 0.717) is 5.75 Å². The van der Waals surface area contributed by atoms with Gasteiger partial charge >= 0.3 is 0 Å².